The third-order valence-electron chi connectivity index (χ3n) is 7.81. The minimum absolute atomic E-state index is 0.0925. The minimum Gasteiger partial charge on any atom is -0.393 e. The Morgan fingerprint density at radius 3 is 2.59 bits per heavy atom. The summed E-state index contributed by atoms with van der Waals surface area (Å²) in [5, 5.41) is 20.1. The number of Topliss-reactive ketones (excluding diaryl/α,β-unsaturated/α-hetero) is 1. The third kappa shape index (κ3) is 1.78. The molecule has 3 heteroatoms. The van der Waals surface area contributed by atoms with Gasteiger partial charge in [0.15, 0.2) is 5.78 Å². The summed E-state index contributed by atoms with van der Waals surface area (Å²) in [4.78, 5) is 12.4. The maximum Gasteiger partial charge on any atom is 0.167 e. The van der Waals surface area contributed by atoms with E-state index in [1.807, 2.05) is 0 Å². The number of hydrogen-bond acceptors (Lipinski definition) is 3. The van der Waals surface area contributed by atoms with Gasteiger partial charge in [0.1, 0.15) is 6.10 Å². The van der Waals surface area contributed by atoms with Crippen LogP contribution in [0.15, 0.2) is 11.6 Å². The first-order chi connectivity index (χ1) is 10.4. The Hall–Kier alpha value is -0.670. The lowest BCUT2D eigenvalue weighted by molar-refractivity contribution is -0.136. The first-order valence-electron chi connectivity index (χ1n) is 8.96. The van der Waals surface area contributed by atoms with E-state index in [9.17, 15) is 15.0 Å². The molecule has 0 aliphatic heterocycles. The van der Waals surface area contributed by atoms with E-state index in [4.69, 9.17) is 0 Å². The van der Waals surface area contributed by atoms with Crippen LogP contribution >= 0.6 is 0 Å². The average molecular weight is 304 g/mol. The average Bonchev–Trinajstić information content (AvgIpc) is 2.72. The predicted molar refractivity (Wildman–Crippen MR) is 84.1 cm³/mol. The molecule has 3 nitrogen and oxygen atoms in total. The fourth-order valence-corrected chi connectivity index (χ4v) is 6.43. The van der Waals surface area contributed by atoms with Crippen LogP contribution in [0.1, 0.15) is 58.8 Å². The van der Waals surface area contributed by atoms with Crippen molar-refractivity contribution in [2.45, 2.75) is 71.0 Å². The van der Waals surface area contributed by atoms with Gasteiger partial charge in [0.05, 0.1) is 6.10 Å². The molecule has 0 spiro atoms. The van der Waals surface area contributed by atoms with Gasteiger partial charge < -0.3 is 10.2 Å². The molecule has 4 aliphatic rings. The maximum absolute atomic E-state index is 12.4. The van der Waals surface area contributed by atoms with E-state index < -0.39 is 6.10 Å². The topological polar surface area (TPSA) is 57.5 Å². The molecule has 22 heavy (non-hydrogen) atoms. The lowest BCUT2D eigenvalue weighted by atomic mass is 9.48. The summed E-state index contributed by atoms with van der Waals surface area (Å²) in [6.07, 6.45) is 8.00. The Morgan fingerprint density at radius 2 is 1.82 bits per heavy atom. The van der Waals surface area contributed by atoms with Gasteiger partial charge in [0.25, 0.3) is 0 Å². The molecule has 3 fully saturated rings. The molecule has 0 aromatic heterocycles. The van der Waals surface area contributed by atoms with Crippen LogP contribution in [0.3, 0.4) is 0 Å². The van der Waals surface area contributed by atoms with Gasteiger partial charge in [-0.15, -0.1) is 0 Å². The molecule has 0 aromatic carbocycles. The molecule has 0 amide bonds. The SMILES string of the molecule is C[C@]12CC[C@@H](O)CC1=CC[C@@H]1[C@@H]2CC[C@]2(C)C(=O)C(O)C[C@@H]12. The summed E-state index contributed by atoms with van der Waals surface area (Å²) in [5.41, 5.74) is 1.37. The van der Waals surface area contributed by atoms with E-state index in [1.165, 1.54) is 5.57 Å². The number of carbonyl (C=O) groups excluding carboxylic acids is 1. The van der Waals surface area contributed by atoms with Crippen LogP contribution in [0.5, 0.6) is 0 Å². The molecule has 4 aliphatic carbocycles. The molecular weight excluding hydrogens is 276 g/mol. The highest BCUT2D eigenvalue weighted by Crippen LogP contribution is 2.63. The number of allylic oxidation sites excluding steroid dienone is 1. The molecule has 4 rings (SSSR count). The largest absolute Gasteiger partial charge is 0.393 e. The number of aliphatic hydroxyl groups excluding tert-OH is 2. The first-order valence-corrected chi connectivity index (χ1v) is 8.96. The van der Waals surface area contributed by atoms with Crippen LogP contribution < -0.4 is 0 Å². The van der Waals surface area contributed by atoms with Gasteiger partial charge in [-0.2, -0.15) is 0 Å². The van der Waals surface area contributed by atoms with Crippen molar-refractivity contribution >= 4 is 5.78 Å². The number of ketones is 1. The standard InChI is InChI=1S/C19H28O3/c1-18-7-5-12(20)9-11(18)3-4-13-14(18)6-8-19(2)15(13)10-16(21)17(19)22/h3,12-16,20-21H,4-10H2,1-2H3/t12-,13-,14+,15+,16?,18+,19+/m1/s1. The highest BCUT2D eigenvalue weighted by molar-refractivity contribution is 5.91. The van der Waals surface area contributed by atoms with Crippen molar-refractivity contribution in [2.24, 2.45) is 28.6 Å². The van der Waals surface area contributed by atoms with Crippen molar-refractivity contribution in [3.8, 4) is 0 Å². The number of fused-ring (bicyclic) bond motifs is 5. The molecule has 7 atom stereocenters. The Labute approximate surface area is 132 Å². The molecule has 3 saturated carbocycles. The van der Waals surface area contributed by atoms with Crippen LogP contribution in [0.4, 0.5) is 0 Å². The second-order valence-corrected chi connectivity index (χ2v) is 8.73. The Bertz CT molecular complexity index is 539. The lowest BCUT2D eigenvalue weighted by Crippen LogP contribution is -2.50. The van der Waals surface area contributed by atoms with Crippen molar-refractivity contribution < 1.29 is 15.0 Å². The lowest BCUT2D eigenvalue weighted by Gasteiger charge is -2.56. The van der Waals surface area contributed by atoms with Crippen molar-refractivity contribution in [2.75, 3.05) is 0 Å². The fourth-order valence-electron chi connectivity index (χ4n) is 6.43. The van der Waals surface area contributed by atoms with E-state index in [1.54, 1.807) is 0 Å². The van der Waals surface area contributed by atoms with Gasteiger partial charge >= 0.3 is 0 Å². The van der Waals surface area contributed by atoms with Crippen molar-refractivity contribution in [3.63, 3.8) is 0 Å². The molecule has 0 aromatic rings. The highest BCUT2D eigenvalue weighted by atomic mass is 16.3. The number of rotatable bonds is 0. The Balaban J connectivity index is 1.70. The molecular formula is C19H28O3. The van der Waals surface area contributed by atoms with Gasteiger partial charge in [-0.1, -0.05) is 25.5 Å². The van der Waals surface area contributed by atoms with E-state index in [2.05, 4.69) is 19.9 Å². The van der Waals surface area contributed by atoms with Gasteiger partial charge in [-0.25, -0.2) is 0 Å². The number of hydrogen-bond donors (Lipinski definition) is 2. The van der Waals surface area contributed by atoms with Crippen molar-refractivity contribution in [1.29, 1.82) is 0 Å². The van der Waals surface area contributed by atoms with E-state index in [0.29, 0.717) is 24.2 Å². The van der Waals surface area contributed by atoms with Crippen LogP contribution in [0.25, 0.3) is 0 Å². The number of aliphatic hydroxyl groups is 2. The highest BCUT2D eigenvalue weighted by Gasteiger charge is 2.60. The van der Waals surface area contributed by atoms with E-state index in [0.717, 1.165) is 38.5 Å². The zero-order valence-electron chi connectivity index (χ0n) is 13.7. The van der Waals surface area contributed by atoms with Gasteiger partial charge in [-0.05, 0) is 68.1 Å². The van der Waals surface area contributed by atoms with Crippen LogP contribution in [0, 0.1) is 28.6 Å². The van der Waals surface area contributed by atoms with E-state index >= 15 is 0 Å². The third-order valence-corrected chi connectivity index (χ3v) is 7.81. The molecule has 1 unspecified atom stereocenters. The fraction of sp³-hybridized carbons (Fsp3) is 0.842. The zero-order chi connectivity index (χ0) is 15.7. The Kier molecular flexibility index (Phi) is 3.16. The molecule has 0 radical (unpaired) electrons. The maximum atomic E-state index is 12.4. The predicted octanol–water partition coefficient (Wildman–Crippen LogP) is 2.85. The molecule has 0 heterocycles. The summed E-state index contributed by atoms with van der Waals surface area (Å²) >= 11 is 0. The van der Waals surface area contributed by atoms with Crippen LogP contribution in [-0.4, -0.2) is 28.2 Å². The summed E-state index contributed by atoms with van der Waals surface area (Å²) in [5.74, 6) is 1.59. The van der Waals surface area contributed by atoms with Gasteiger partial charge in [-0.3, -0.25) is 4.79 Å². The second-order valence-electron chi connectivity index (χ2n) is 8.73. The second kappa shape index (κ2) is 4.67. The van der Waals surface area contributed by atoms with Crippen molar-refractivity contribution in [1.82, 2.24) is 0 Å². The summed E-state index contributed by atoms with van der Waals surface area (Å²) in [6.45, 7) is 4.48. The number of carbonyl (C=O) groups is 1. The normalized spacial score (nSPS) is 54.3. The molecule has 122 valence electrons. The monoisotopic (exact) mass is 304 g/mol. The minimum atomic E-state index is -0.736. The van der Waals surface area contributed by atoms with Crippen LogP contribution in [-0.2, 0) is 4.79 Å². The molecule has 0 bridgehead atoms. The smallest absolute Gasteiger partial charge is 0.167 e. The summed E-state index contributed by atoms with van der Waals surface area (Å²) < 4.78 is 0. The summed E-state index contributed by atoms with van der Waals surface area (Å²) in [7, 11) is 0. The van der Waals surface area contributed by atoms with Crippen LogP contribution in [0.2, 0.25) is 0 Å². The first kappa shape index (κ1) is 14.9. The molecule has 2 N–H and O–H groups in total. The summed E-state index contributed by atoms with van der Waals surface area (Å²) in [6, 6.07) is 0. The Morgan fingerprint density at radius 1 is 1.09 bits per heavy atom. The zero-order valence-corrected chi connectivity index (χ0v) is 13.7. The molecule has 0 saturated heterocycles. The quantitative estimate of drug-likeness (QED) is 0.677. The van der Waals surface area contributed by atoms with Crippen molar-refractivity contribution in [3.05, 3.63) is 11.6 Å². The van der Waals surface area contributed by atoms with E-state index in [-0.39, 0.29) is 22.7 Å². The van der Waals surface area contributed by atoms with Gasteiger partial charge in [0.2, 0.25) is 0 Å². The van der Waals surface area contributed by atoms with Gasteiger partial charge in [0, 0.05) is 5.41 Å².